The summed E-state index contributed by atoms with van der Waals surface area (Å²) in [6.45, 7) is 0.999. The fourth-order valence-corrected chi connectivity index (χ4v) is 2.72. The van der Waals surface area contributed by atoms with E-state index in [1.165, 1.54) is 12.8 Å². The highest BCUT2D eigenvalue weighted by Crippen LogP contribution is 2.29. The first-order valence-corrected chi connectivity index (χ1v) is 5.74. The van der Waals surface area contributed by atoms with Crippen molar-refractivity contribution in [3.63, 3.8) is 0 Å². The van der Waals surface area contributed by atoms with Crippen molar-refractivity contribution in [2.45, 2.75) is 44.6 Å². The molecule has 1 N–H and O–H groups in total. The summed E-state index contributed by atoms with van der Waals surface area (Å²) in [5.41, 5.74) is 0. The Labute approximate surface area is 85.1 Å². The zero-order valence-corrected chi connectivity index (χ0v) is 8.61. The van der Waals surface area contributed by atoms with Crippen LogP contribution < -0.4 is 0 Å². The van der Waals surface area contributed by atoms with Gasteiger partial charge in [0.05, 0.1) is 12.6 Å². The van der Waals surface area contributed by atoms with E-state index in [1.807, 2.05) is 4.90 Å². The van der Waals surface area contributed by atoms with Gasteiger partial charge in [0.2, 0.25) is 5.91 Å². The van der Waals surface area contributed by atoms with Crippen molar-refractivity contribution < 1.29 is 9.90 Å². The Balaban J connectivity index is 1.95. The third kappa shape index (κ3) is 1.78. The molecule has 1 amide bonds. The van der Waals surface area contributed by atoms with Crippen LogP contribution in [0.5, 0.6) is 0 Å². The van der Waals surface area contributed by atoms with Crippen molar-refractivity contribution in [3.05, 3.63) is 0 Å². The molecule has 2 aliphatic rings. The molecule has 1 saturated carbocycles. The molecule has 0 aromatic heterocycles. The molecule has 0 radical (unpaired) electrons. The summed E-state index contributed by atoms with van der Waals surface area (Å²) < 4.78 is 0. The van der Waals surface area contributed by atoms with Crippen molar-refractivity contribution in [1.82, 2.24) is 4.90 Å². The monoisotopic (exact) mass is 197 g/mol. The zero-order valence-electron chi connectivity index (χ0n) is 8.61. The quantitative estimate of drug-likeness (QED) is 0.721. The Morgan fingerprint density at radius 3 is 2.57 bits per heavy atom. The first-order valence-electron chi connectivity index (χ1n) is 5.74. The molecule has 3 heteroatoms. The highest BCUT2D eigenvalue weighted by Gasteiger charge is 2.33. The van der Waals surface area contributed by atoms with E-state index in [1.54, 1.807) is 0 Å². The lowest BCUT2D eigenvalue weighted by molar-refractivity contribution is -0.136. The summed E-state index contributed by atoms with van der Waals surface area (Å²) in [4.78, 5) is 13.9. The molecular weight excluding hydrogens is 178 g/mol. The van der Waals surface area contributed by atoms with Gasteiger partial charge in [0.25, 0.3) is 0 Å². The zero-order chi connectivity index (χ0) is 9.97. The maximum atomic E-state index is 12.0. The van der Waals surface area contributed by atoms with Crippen LogP contribution in [-0.4, -0.2) is 35.1 Å². The first-order chi connectivity index (χ1) is 6.83. The molecule has 2 fully saturated rings. The molecule has 1 aliphatic carbocycles. The summed E-state index contributed by atoms with van der Waals surface area (Å²) in [7, 11) is 0. The van der Waals surface area contributed by atoms with Crippen LogP contribution in [-0.2, 0) is 4.79 Å². The van der Waals surface area contributed by atoms with E-state index in [2.05, 4.69) is 0 Å². The van der Waals surface area contributed by atoms with Gasteiger partial charge in [-0.25, -0.2) is 0 Å². The van der Waals surface area contributed by atoms with Crippen LogP contribution in [0.1, 0.15) is 38.5 Å². The minimum Gasteiger partial charge on any atom is -0.394 e. The maximum absolute atomic E-state index is 12.0. The molecule has 1 atom stereocenters. The van der Waals surface area contributed by atoms with Gasteiger partial charge in [-0.2, -0.15) is 0 Å². The van der Waals surface area contributed by atoms with E-state index in [0.717, 1.165) is 32.2 Å². The molecule has 2 rings (SSSR count). The predicted molar refractivity (Wildman–Crippen MR) is 53.8 cm³/mol. The summed E-state index contributed by atoms with van der Waals surface area (Å²) >= 11 is 0. The van der Waals surface area contributed by atoms with Crippen molar-refractivity contribution in [1.29, 1.82) is 0 Å². The van der Waals surface area contributed by atoms with Crippen LogP contribution in [0.2, 0.25) is 0 Å². The molecule has 1 saturated heterocycles. The van der Waals surface area contributed by atoms with E-state index < -0.39 is 0 Å². The standard InChI is InChI=1S/C11H19NO2/c13-8-10-6-3-7-12(10)11(14)9-4-1-2-5-9/h9-10,13H,1-8H2/t10-/m0/s1. The van der Waals surface area contributed by atoms with Gasteiger partial charge in [-0.3, -0.25) is 4.79 Å². The predicted octanol–water partition coefficient (Wildman–Crippen LogP) is 1.16. The van der Waals surface area contributed by atoms with E-state index in [0.29, 0.717) is 5.91 Å². The lowest BCUT2D eigenvalue weighted by atomic mass is 10.1. The number of hydrogen-bond donors (Lipinski definition) is 1. The number of nitrogens with zero attached hydrogens (tertiary/aromatic N) is 1. The van der Waals surface area contributed by atoms with Gasteiger partial charge < -0.3 is 10.0 Å². The second-order valence-corrected chi connectivity index (χ2v) is 4.49. The van der Waals surface area contributed by atoms with Gasteiger partial charge in [-0.1, -0.05) is 12.8 Å². The van der Waals surface area contributed by atoms with Gasteiger partial charge in [0, 0.05) is 12.5 Å². The Kier molecular flexibility index (Phi) is 3.06. The first kappa shape index (κ1) is 9.97. The van der Waals surface area contributed by atoms with Crippen molar-refractivity contribution >= 4 is 5.91 Å². The number of carbonyl (C=O) groups excluding carboxylic acids is 1. The molecule has 1 heterocycles. The van der Waals surface area contributed by atoms with E-state index in [-0.39, 0.29) is 18.6 Å². The van der Waals surface area contributed by atoms with Crippen LogP contribution in [0.4, 0.5) is 0 Å². The fourth-order valence-electron chi connectivity index (χ4n) is 2.72. The Morgan fingerprint density at radius 2 is 1.93 bits per heavy atom. The third-order valence-corrected chi connectivity index (χ3v) is 3.58. The average molecular weight is 197 g/mol. The molecule has 0 aromatic rings. The number of likely N-dealkylation sites (tertiary alicyclic amines) is 1. The molecule has 0 spiro atoms. The second-order valence-electron chi connectivity index (χ2n) is 4.49. The smallest absolute Gasteiger partial charge is 0.226 e. The number of aliphatic hydroxyl groups excluding tert-OH is 1. The topological polar surface area (TPSA) is 40.5 Å². The van der Waals surface area contributed by atoms with Crippen LogP contribution in [0.3, 0.4) is 0 Å². The fraction of sp³-hybridized carbons (Fsp3) is 0.909. The Hall–Kier alpha value is -0.570. The molecule has 80 valence electrons. The Morgan fingerprint density at radius 1 is 1.21 bits per heavy atom. The van der Waals surface area contributed by atoms with Gasteiger partial charge in [-0.15, -0.1) is 0 Å². The minimum atomic E-state index is 0.114. The molecule has 0 aromatic carbocycles. The molecule has 14 heavy (non-hydrogen) atoms. The van der Waals surface area contributed by atoms with Crippen molar-refractivity contribution in [2.24, 2.45) is 5.92 Å². The van der Waals surface area contributed by atoms with E-state index >= 15 is 0 Å². The molecule has 0 bridgehead atoms. The largest absolute Gasteiger partial charge is 0.394 e. The lowest BCUT2D eigenvalue weighted by Crippen LogP contribution is -2.40. The highest BCUT2D eigenvalue weighted by atomic mass is 16.3. The van der Waals surface area contributed by atoms with Gasteiger partial charge in [-0.05, 0) is 25.7 Å². The average Bonchev–Trinajstić information content (AvgIpc) is 2.87. The summed E-state index contributed by atoms with van der Waals surface area (Å²) in [6.07, 6.45) is 6.57. The van der Waals surface area contributed by atoms with Gasteiger partial charge in [0.15, 0.2) is 0 Å². The van der Waals surface area contributed by atoms with Crippen LogP contribution >= 0.6 is 0 Å². The van der Waals surface area contributed by atoms with Gasteiger partial charge in [0.1, 0.15) is 0 Å². The second kappa shape index (κ2) is 4.30. The van der Waals surface area contributed by atoms with Crippen LogP contribution in [0.15, 0.2) is 0 Å². The number of aliphatic hydroxyl groups is 1. The summed E-state index contributed by atoms with van der Waals surface area (Å²) in [6, 6.07) is 0.114. The molecule has 3 nitrogen and oxygen atoms in total. The normalized spacial score (nSPS) is 28.6. The minimum absolute atomic E-state index is 0.114. The van der Waals surface area contributed by atoms with Gasteiger partial charge >= 0.3 is 0 Å². The number of amides is 1. The Bertz CT molecular complexity index is 211. The van der Waals surface area contributed by atoms with E-state index in [9.17, 15) is 4.79 Å². The van der Waals surface area contributed by atoms with E-state index in [4.69, 9.17) is 5.11 Å². The van der Waals surface area contributed by atoms with Crippen molar-refractivity contribution in [3.8, 4) is 0 Å². The molecule has 0 unspecified atom stereocenters. The number of carbonyl (C=O) groups is 1. The number of rotatable bonds is 2. The maximum Gasteiger partial charge on any atom is 0.226 e. The number of hydrogen-bond acceptors (Lipinski definition) is 2. The molecular formula is C11H19NO2. The van der Waals surface area contributed by atoms with Crippen molar-refractivity contribution in [2.75, 3.05) is 13.2 Å². The summed E-state index contributed by atoms with van der Waals surface area (Å²) in [5, 5.41) is 9.13. The van der Waals surface area contributed by atoms with Crippen LogP contribution in [0, 0.1) is 5.92 Å². The molecule has 1 aliphatic heterocycles. The SMILES string of the molecule is O=C(C1CCCC1)N1CCC[C@H]1CO. The lowest BCUT2D eigenvalue weighted by Gasteiger charge is -2.25. The third-order valence-electron chi connectivity index (χ3n) is 3.58. The highest BCUT2D eigenvalue weighted by molar-refractivity contribution is 5.79. The van der Waals surface area contributed by atoms with Crippen LogP contribution in [0.25, 0.3) is 0 Å². The summed E-state index contributed by atoms with van der Waals surface area (Å²) in [5.74, 6) is 0.571.